The van der Waals surface area contributed by atoms with Crippen molar-refractivity contribution < 1.29 is 4.52 Å². The SMILES string of the molecule is C=C(C)CN(CC)Cc1nc(-c2cccc(Br)c2)no1. The number of halogens is 1. The van der Waals surface area contributed by atoms with Gasteiger partial charge in [0.1, 0.15) is 0 Å². The lowest BCUT2D eigenvalue weighted by atomic mass is 10.2. The van der Waals surface area contributed by atoms with E-state index in [1.54, 1.807) is 0 Å². The molecule has 0 radical (unpaired) electrons. The molecule has 0 unspecified atom stereocenters. The molecule has 106 valence electrons. The second kappa shape index (κ2) is 6.81. The molecule has 0 saturated carbocycles. The van der Waals surface area contributed by atoms with E-state index in [9.17, 15) is 0 Å². The van der Waals surface area contributed by atoms with Gasteiger partial charge < -0.3 is 4.52 Å². The van der Waals surface area contributed by atoms with E-state index in [0.717, 1.165) is 28.7 Å². The molecule has 0 saturated heterocycles. The Balaban J connectivity index is 2.10. The molecule has 5 heteroatoms. The van der Waals surface area contributed by atoms with Crippen molar-refractivity contribution in [3.05, 3.63) is 46.8 Å². The van der Waals surface area contributed by atoms with E-state index in [0.29, 0.717) is 18.3 Å². The van der Waals surface area contributed by atoms with Crippen LogP contribution in [0.4, 0.5) is 0 Å². The smallest absolute Gasteiger partial charge is 0.241 e. The van der Waals surface area contributed by atoms with Gasteiger partial charge in [-0.05, 0) is 25.6 Å². The molecule has 0 fully saturated rings. The summed E-state index contributed by atoms with van der Waals surface area (Å²) in [5.41, 5.74) is 2.07. The summed E-state index contributed by atoms with van der Waals surface area (Å²) in [6.07, 6.45) is 0. The molecule has 0 N–H and O–H groups in total. The predicted octanol–water partition coefficient (Wildman–Crippen LogP) is 3.90. The number of likely N-dealkylation sites (N-methyl/N-ethyl adjacent to an activating group) is 1. The predicted molar refractivity (Wildman–Crippen MR) is 83.2 cm³/mol. The van der Waals surface area contributed by atoms with Gasteiger partial charge in [0.2, 0.25) is 11.7 Å². The highest BCUT2D eigenvalue weighted by Gasteiger charge is 2.12. The number of hydrogen-bond acceptors (Lipinski definition) is 4. The van der Waals surface area contributed by atoms with Crippen molar-refractivity contribution in [1.29, 1.82) is 0 Å². The maximum absolute atomic E-state index is 5.33. The average Bonchev–Trinajstić information content (AvgIpc) is 2.86. The van der Waals surface area contributed by atoms with Crippen LogP contribution in [-0.2, 0) is 6.54 Å². The molecule has 1 aromatic carbocycles. The maximum Gasteiger partial charge on any atom is 0.241 e. The Morgan fingerprint density at radius 1 is 1.45 bits per heavy atom. The van der Waals surface area contributed by atoms with Crippen LogP contribution >= 0.6 is 15.9 Å². The quantitative estimate of drug-likeness (QED) is 0.751. The van der Waals surface area contributed by atoms with Crippen LogP contribution in [0.25, 0.3) is 11.4 Å². The Bertz CT molecular complexity index is 594. The van der Waals surface area contributed by atoms with Gasteiger partial charge in [-0.15, -0.1) is 0 Å². The third kappa shape index (κ3) is 4.02. The Hall–Kier alpha value is -1.46. The third-order valence-electron chi connectivity index (χ3n) is 2.85. The molecule has 0 aliphatic carbocycles. The van der Waals surface area contributed by atoms with Gasteiger partial charge in [0.05, 0.1) is 6.54 Å². The summed E-state index contributed by atoms with van der Waals surface area (Å²) in [6.45, 7) is 10.5. The zero-order valence-electron chi connectivity index (χ0n) is 11.8. The van der Waals surface area contributed by atoms with Crippen molar-refractivity contribution >= 4 is 15.9 Å². The molecule has 0 bridgehead atoms. The highest BCUT2D eigenvalue weighted by atomic mass is 79.9. The lowest BCUT2D eigenvalue weighted by molar-refractivity contribution is 0.252. The molecule has 20 heavy (non-hydrogen) atoms. The number of benzene rings is 1. The van der Waals surface area contributed by atoms with Gasteiger partial charge in [-0.3, -0.25) is 4.90 Å². The lowest BCUT2D eigenvalue weighted by Gasteiger charge is -2.17. The maximum atomic E-state index is 5.33. The first-order valence-corrected chi connectivity index (χ1v) is 7.33. The van der Waals surface area contributed by atoms with Crippen LogP contribution in [0, 0.1) is 0 Å². The van der Waals surface area contributed by atoms with Crippen LogP contribution in [0.3, 0.4) is 0 Å². The van der Waals surface area contributed by atoms with E-state index in [4.69, 9.17) is 4.52 Å². The first kappa shape index (κ1) is 14.9. The minimum Gasteiger partial charge on any atom is -0.338 e. The molecular weight excluding hydrogens is 318 g/mol. The Kier molecular flexibility index (Phi) is 5.09. The van der Waals surface area contributed by atoms with Crippen LogP contribution in [-0.4, -0.2) is 28.1 Å². The molecule has 0 atom stereocenters. The molecular formula is C15H18BrN3O. The summed E-state index contributed by atoms with van der Waals surface area (Å²) in [7, 11) is 0. The van der Waals surface area contributed by atoms with Crippen LogP contribution < -0.4 is 0 Å². The Morgan fingerprint density at radius 2 is 2.25 bits per heavy atom. The second-order valence-corrected chi connectivity index (χ2v) is 5.70. The van der Waals surface area contributed by atoms with Crippen molar-refractivity contribution in [2.24, 2.45) is 0 Å². The summed E-state index contributed by atoms with van der Waals surface area (Å²) >= 11 is 3.44. The standard InChI is InChI=1S/C15H18BrN3O/c1-4-19(9-11(2)3)10-14-17-15(18-20-14)12-6-5-7-13(16)8-12/h5-8H,2,4,9-10H2,1,3H3. The number of aromatic nitrogens is 2. The monoisotopic (exact) mass is 335 g/mol. The van der Waals surface area contributed by atoms with Crippen molar-refractivity contribution in [3.63, 3.8) is 0 Å². The minimum absolute atomic E-state index is 0.618. The fourth-order valence-corrected chi connectivity index (χ4v) is 2.32. The molecule has 0 spiro atoms. The van der Waals surface area contributed by atoms with Gasteiger partial charge in [0.15, 0.2) is 0 Å². The summed E-state index contributed by atoms with van der Waals surface area (Å²) in [4.78, 5) is 6.66. The van der Waals surface area contributed by atoms with E-state index in [1.165, 1.54) is 0 Å². The third-order valence-corrected chi connectivity index (χ3v) is 3.34. The Morgan fingerprint density at radius 3 is 2.90 bits per heavy atom. The second-order valence-electron chi connectivity index (χ2n) is 4.78. The number of rotatable bonds is 6. The molecule has 0 aliphatic rings. The van der Waals surface area contributed by atoms with Crippen LogP contribution in [0.1, 0.15) is 19.7 Å². The number of hydrogen-bond donors (Lipinski definition) is 0. The summed E-state index contributed by atoms with van der Waals surface area (Å²) < 4.78 is 6.32. The largest absolute Gasteiger partial charge is 0.338 e. The molecule has 0 aliphatic heterocycles. The highest BCUT2D eigenvalue weighted by Crippen LogP contribution is 2.20. The van der Waals surface area contributed by atoms with E-state index < -0.39 is 0 Å². The van der Waals surface area contributed by atoms with Crippen LogP contribution in [0.5, 0.6) is 0 Å². The zero-order chi connectivity index (χ0) is 14.5. The van der Waals surface area contributed by atoms with Gasteiger partial charge in [-0.2, -0.15) is 4.98 Å². The molecule has 2 rings (SSSR count). The topological polar surface area (TPSA) is 42.2 Å². The van der Waals surface area contributed by atoms with Crippen molar-refractivity contribution in [2.45, 2.75) is 20.4 Å². The van der Waals surface area contributed by atoms with Gasteiger partial charge in [-0.25, -0.2) is 0 Å². The van der Waals surface area contributed by atoms with Gasteiger partial charge in [0, 0.05) is 16.6 Å². The molecule has 1 heterocycles. The van der Waals surface area contributed by atoms with E-state index in [-0.39, 0.29) is 0 Å². The van der Waals surface area contributed by atoms with E-state index in [2.05, 4.69) is 44.5 Å². The number of nitrogens with zero attached hydrogens (tertiary/aromatic N) is 3. The summed E-state index contributed by atoms with van der Waals surface area (Å²) in [6, 6.07) is 7.86. The molecule has 0 amide bonds. The molecule has 1 aromatic heterocycles. The van der Waals surface area contributed by atoms with Crippen LogP contribution in [0.15, 0.2) is 45.4 Å². The van der Waals surface area contributed by atoms with Crippen molar-refractivity contribution in [1.82, 2.24) is 15.0 Å². The first-order valence-electron chi connectivity index (χ1n) is 6.53. The van der Waals surface area contributed by atoms with E-state index >= 15 is 0 Å². The Labute approximate surface area is 127 Å². The highest BCUT2D eigenvalue weighted by molar-refractivity contribution is 9.10. The fraction of sp³-hybridized carbons (Fsp3) is 0.333. The van der Waals surface area contributed by atoms with Gasteiger partial charge >= 0.3 is 0 Å². The van der Waals surface area contributed by atoms with Gasteiger partial charge in [0.25, 0.3) is 0 Å². The first-order chi connectivity index (χ1) is 9.58. The summed E-state index contributed by atoms with van der Waals surface area (Å²) in [5.74, 6) is 1.25. The fourth-order valence-electron chi connectivity index (χ4n) is 1.92. The molecule has 2 aromatic rings. The van der Waals surface area contributed by atoms with Gasteiger partial charge in [-0.1, -0.05) is 52.3 Å². The van der Waals surface area contributed by atoms with Crippen molar-refractivity contribution in [2.75, 3.05) is 13.1 Å². The minimum atomic E-state index is 0.618. The van der Waals surface area contributed by atoms with E-state index in [1.807, 2.05) is 31.2 Å². The lowest BCUT2D eigenvalue weighted by Crippen LogP contribution is -2.24. The summed E-state index contributed by atoms with van der Waals surface area (Å²) in [5, 5.41) is 4.04. The normalized spacial score (nSPS) is 11.0. The average molecular weight is 336 g/mol. The van der Waals surface area contributed by atoms with Crippen molar-refractivity contribution in [3.8, 4) is 11.4 Å². The zero-order valence-corrected chi connectivity index (χ0v) is 13.4. The molecule has 4 nitrogen and oxygen atoms in total. The van der Waals surface area contributed by atoms with Crippen LogP contribution in [0.2, 0.25) is 0 Å².